The maximum absolute atomic E-state index is 12.0. The Morgan fingerprint density at radius 1 is 1.41 bits per heavy atom. The van der Waals surface area contributed by atoms with Gasteiger partial charge in [0, 0.05) is 6.54 Å². The lowest BCUT2D eigenvalue weighted by molar-refractivity contribution is 0.0947. The van der Waals surface area contributed by atoms with Gasteiger partial charge in [-0.2, -0.15) is 0 Å². The molecular weight excluding hydrogens is 280 g/mol. The Hall–Kier alpha value is -1.40. The van der Waals surface area contributed by atoms with Gasteiger partial charge >= 0.3 is 0 Å². The quantitative estimate of drug-likeness (QED) is 0.647. The Morgan fingerprint density at radius 3 is 2.68 bits per heavy atom. The van der Waals surface area contributed by atoms with Crippen molar-refractivity contribution in [3.63, 3.8) is 0 Å². The van der Waals surface area contributed by atoms with Gasteiger partial charge in [-0.15, -0.1) is 0 Å². The highest BCUT2D eigenvalue weighted by atomic mass is 16.3. The first-order chi connectivity index (χ1) is 10.5. The van der Waals surface area contributed by atoms with Crippen LogP contribution in [0, 0.1) is 5.92 Å². The van der Waals surface area contributed by atoms with E-state index in [9.17, 15) is 4.79 Å². The highest BCUT2D eigenvalue weighted by Crippen LogP contribution is 2.17. The summed E-state index contributed by atoms with van der Waals surface area (Å²) >= 11 is 0. The predicted molar refractivity (Wildman–Crippen MR) is 87.6 cm³/mol. The van der Waals surface area contributed by atoms with Crippen molar-refractivity contribution in [1.82, 2.24) is 15.2 Å². The Kier molecular flexibility index (Phi) is 8.12. The summed E-state index contributed by atoms with van der Waals surface area (Å²) in [6.07, 6.45) is 3.09. The van der Waals surface area contributed by atoms with Crippen molar-refractivity contribution in [3.8, 4) is 0 Å². The van der Waals surface area contributed by atoms with E-state index in [0.717, 1.165) is 32.5 Å². The minimum absolute atomic E-state index is 0.203. The number of amides is 1. The van der Waals surface area contributed by atoms with E-state index in [1.165, 1.54) is 6.26 Å². The summed E-state index contributed by atoms with van der Waals surface area (Å²) < 4.78 is 5.32. The molecule has 1 atom stereocenters. The van der Waals surface area contributed by atoms with Crippen molar-refractivity contribution in [1.29, 1.82) is 0 Å². The molecular formula is C16H30N4O2. The smallest absolute Gasteiger partial charge is 0.273 e. The van der Waals surface area contributed by atoms with Crippen LogP contribution in [0.25, 0.3) is 0 Å². The molecule has 22 heavy (non-hydrogen) atoms. The van der Waals surface area contributed by atoms with E-state index in [-0.39, 0.29) is 11.9 Å². The molecule has 1 unspecified atom stereocenters. The molecule has 6 nitrogen and oxygen atoms in total. The van der Waals surface area contributed by atoms with Crippen LogP contribution in [0.3, 0.4) is 0 Å². The zero-order valence-electron chi connectivity index (χ0n) is 14.3. The fraction of sp³-hybridized carbons (Fsp3) is 0.750. The Balaban J connectivity index is 2.38. The minimum Gasteiger partial charge on any atom is -0.446 e. The number of hydrogen-bond donors (Lipinski definition) is 2. The normalized spacial score (nSPS) is 12.9. The molecule has 0 bridgehead atoms. The van der Waals surface area contributed by atoms with Crippen LogP contribution in [0.1, 0.15) is 63.0 Å². The molecule has 0 saturated carbocycles. The summed E-state index contributed by atoms with van der Waals surface area (Å²) in [5.74, 6) is 0.688. The maximum atomic E-state index is 12.0. The van der Waals surface area contributed by atoms with E-state index in [4.69, 9.17) is 10.2 Å². The molecule has 0 radical (unpaired) electrons. The second-order valence-electron chi connectivity index (χ2n) is 5.94. The molecule has 1 aromatic heterocycles. The third kappa shape index (κ3) is 6.15. The zero-order chi connectivity index (χ0) is 16.5. The SMILES string of the molecule is CCN(CC)CCCNC(=O)c1coc(C(N)CC(C)C)n1. The van der Waals surface area contributed by atoms with E-state index in [1.807, 2.05) is 0 Å². The van der Waals surface area contributed by atoms with Crippen LogP contribution in [0.5, 0.6) is 0 Å². The Labute approximate surface area is 133 Å². The van der Waals surface area contributed by atoms with Crippen LogP contribution < -0.4 is 11.1 Å². The fourth-order valence-corrected chi connectivity index (χ4v) is 2.31. The zero-order valence-corrected chi connectivity index (χ0v) is 14.3. The lowest BCUT2D eigenvalue weighted by Crippen LogP contribution is -2.30. The molecule has 0 fully saturated rings. The molecule has 0 saturated heterocycles. The number of carbonyl (C=O) groups is 1. The second kappa shape index (κ2) is 9.58. The van der Waals surface area contributed by atoms with Crippen LogP contribution in [-0.2, 0) is 0 Å². The monoisotopic (exact) mass is 310 g/mol. The molecule has 1 heterocycles. The number of nitrogens with two attached hydrogens (primary N) is 1. The average molecular weight is 310 g/mol. The van der Waals surface area contributed by atoms with E-state index < -0.39 is 0 Å². The average Bonchev–Trinajstić information content (AvgIpc) is 2.96. The second-order valence-corrected chi connectivity index (χ2v) is 5.94. The third-order valence-corrected chi connectivity index (χ3v) is 3.63. The van der Waals surface area contributed by atoms with Crippen LogP contribution in [0.15, 0.2) is 10.7 Å². The van der Waals surface area contributed by atoms with Gasteiger partial charge in [0.1, 0.15) is 6.26 Å². The van der Waals surface area contributed by atoms with Gasteiger partial charge in [0.2, 0.25) is 5.89 Å². The first-order valence-corrected chi connectivity index (χ1v) is 8.19. The standard InChI is InChI=1S/C16H30N4O2/c1-5-20(6-2)9-7-8-18-15(21)14-11-22-16(19-14)13(17)10-12(3)4/h11-13H,5-10,17H2,1-4H3,(H,18,21). The van der Waals surface area contributed by atoms with E-state index >= 15 is 0 Å². The minimum atomic E-state index is -0.260. The van der Waals surface area contributed by atoms with Gasteiger partial charge in [0.15, 0.2) is 5.69 Å². The van der Waals surface area contributed by atoms with Crippen molar-refractivity contribution >= 4 is 5.91 Å². The molecule has 6 heteroatoms. The number of carbonyl (C=O) groups excluding carboxylic acids is 1. The van der Waals surface area contributed by atoms with Crippen molar-refractivity contribution in [2.75, 3.05) is 26.2 Å². The van der Waals surface area contributed by atoms with E-state index in [1.54, 1.807) is 0 Å². The molecule has 0 aliphatic rings. The van der Waals surface area contributed by atoms with Crippen LogP contribution in [-0.4, -0.2) is 42.0 Å². The fourth-order valence-electron chi connectivity index (χ4n) is 2.31. The number of rotatable bonds is 10. The molecule has 3 N–H and O–H groups in total. The summed E-state index contributed by atoms with van der Waals surface area (Å²) in [5.41, 5.74) is 6.30. The highest BCUT2D eigenvalue weighted by Gasteiger charge is 2.17. The van der Waals surface area contributed by atoms with Crippen LogP contribution in [0.4, 0.5) is 0 Å². The van der Waals surface area contributed by atoms with Crippen molar-refractivity contribution in [2.45, 2.75) is 46.6 Å². The molecule has 0 aliphatic heterocycles. The van der Waals surface area contributed by atoms with E-state index in [2.05, 4.69) is 42.9 Å². The molecule has 0 spiro atoms. The van der Waals surface area contributed by atoms with Crippen LogP contribution in [0.2, 0.25) is 0 Å². The van der Waals surface area contributed by atoms with E-state index in [0.29, 0.717) is 24.0 Å². The highest BCUT2D eigenvalue weighted by molar-refractivity contribution is 5.91. The number of nitrogens with one attached hydrogen (secondary N) is 1. The summed E-state index contributed by atoms with van der Waals surface area (Å²) in [7, 11) is 0. The summed E-state index contributed by atoms with van der Waals surface area (Å²) in [4.78, 5) is 18.5. The first kappa shape index (κ1) is 18.6. The lowest BCUT2D eigenvalue weighted by atomic mass is 10.0. The third-order valence-electron chi connectivity index (χ3n) is 3.63. The predicted octanol–water partition coefficient (Wildman–Crippen LogP) is 2.18. The summed E-state index contributed by atoms with van der Waals surface area (Å²) in [6.45, 7) is 12.1. The molecule has 0 aromatic carbocycles. The van der Waals surface area contributed by atoms with Gasteiger partial charge in [-0.1, -0.05) is 27.7 Å². The Bertz CT molecular complexity index is 441. The van der Waals surface area contributed by atoms with Gasteiger partial charge in [-0.3, -0.25) is 4.79 Å². The van der Waals surface area contributed by atoms with Crippen LogP contribution >= 0.6 is 0 Å². The van der Waals surface area contributed by atoms with Gasteiger partial charge in [-0.25, -0.2) is 4.98 Å². The van der Waals surface area contributed by atoms with Gasteiger partial charge < -0.3 is 20.4 Å². The van der Waals surface area contributed by atoms with Crippen molar-refractivity contribution < 1.29 is 9.21 Å². The van der Waals surface area contributed by atoms with Gasteiger partial charge in [0.25, 0.3) is 5.91 Å². The number of oxazole rings is 1. The van der Waals surface area contributed by atoms with Gasteiger partial charge in [0.05, 0.1) is 6.04 Å². The molecule has 126 valence electrons. The lowest BCUT2D eigenvalue weighted by Gasteiger charge is -2.17. The Morgan fingerprint density at radius 2 is 2.09 bits per heavy atom. The first-order valence-electron chi connectivity index (χ1n) is 8.19. The number of aromatic nitrogens is 1. The van der Waals surface area contributed by atoms with Gasteiger partial charge in [-0.05, 0) is 38.4 Å². The topological polar surface area (TPSA) is 84.4 Å². The summed E-state index contributed by atoms with van der Waals surface area (Å²) in [5, 5.41) is 2.87. The number of nitrogens with zero attached hydrogens (tertiary/aromatic N) is 2. The summed E-state index contributed by atoms with van der Waals surface area (Å²) in [6, 6.07) is -0.260. The van der Waals surface area contributed by atoms with Crippen molar-refractivity contribution in [2.24, 2.45) is 11.7 Å². The van der Waals surface area contributed by atoms with Crippen molar-refractivity contribution in [3.05, 3.63) is 17.8 Å². The molecule has 1 aromatic rings. The maximum Gasteiger partial charge on any atom is 0.273 e. The number of hydrogen-bond acceptors (Lipinski definition) is 5. The molecule has 0 aliphatic carbocycles. The largest absolute Gasteiger partial charge is 0.446 e. The molecule has 1 rings (SSSR count). The molecule has 1 amide bonds.